The lowest BCUT2D eigenvalue weighted by molar-refractivity contribution is 0.0646. The summed E-state index contributed by atoms with van der Waals surface area (Å²) in [5, 5.41) is 0. The molecule has 0 radical (unpaired) electrons. The topological polar surface area (TPSA) is 46.3 Å². The predicted octanol–water partition coefficient (Wildman–Crippen LogP) is 2.56. The summed E-state index contributed by atoms with van der Waals surface area (Å²) < 4.78 is 27.0. The van der Waals surface area contributed by atoms with E-state index in [0.29, 0.717) is 6.54 Å². The second kappa shape index (κ2) is 4.23. The van der Waals surface area contributed by atoms with Gasteiger partial charge in [0.1, 0.15) is 5.82 Å². The van der Waals surface area contributed by atoms with Crippen LogP contribution in [0.3, 0.4) is 0 Å². The third kappa shape index (κ3) is 2.05. The van der Waals surface area contributed by atoms with E-state index in [9.17, 15) is 13.6 Å². The fraction of sp³-hybridized carbons (Fsp3) is 0.462. The van der Waals surface area contributed by atoms with Gasteiger partial charge in [-0.3, -0.25) is 4.79 Å². The number of carbonyl (C=O) groups excluding carboxylic acids is 1. The minimum absolute atomic E-state index is 0.289. The van der Waals surface area contributed by atoms with E-state index in [4.69, 9.17) is 5.73 Å². The number of nitrogens with zero attached hydrogens (tertiary/aromatic N) is 1. The van der Waals surface area contributed by atoms with Crippen molar-refractivity contribution in [2.75, 3.05) is 12.3 Å². The van der Waals surface area contributed by atoms with Crippen LogP contribution >= 0.6 is 0 Å². The Morgan fingerprint density at radius 3 is 2.61 bits per heavy atom. The molecule has 5 heteroatoms. The standard InChI is InChI=1S/C13H16F2N2O/c1-13(2)4-3-5-17(13)12(18)9-6-8(14)7-10(16)11(9)15/h6-7H,3-5,16H2,1-2H3. The maximum atomic E-state index is 13.8. The first kappa shape index (κ1) is 12.8. The van der Waals surface area contributed by atoms with E-state index in [1.807, 2.05) is 13.8 Å². The highest BCUT2D eigenvalue weighted by molar-refractivity contribution is 5.96. The highest BCUT2D eigenvalue weighted by Crippen LogP contribution is 2.31. The van der Waals surface area contributed by atoms with Crippen LogP contribution in [0.25, 0.3) is 0 Å². The summed E-state index contributed by atoms with van der Waals surface area (Å²) in [5.74, 6) is -2.04. The maximum absolute atomic E-state index is 13.8. The molecule has 1 heterocycles. The minimum atomic E-state index is -0.843. The molecule has 0 aromatic heterocycles. The van der Waals surface area contributed by atoms with Gasteiger partial charge in [0.05, 0.1) is 11.3 Å². The van der Waals surface area contributed by atoms with Gasteiger partial charge in [-0.1, -0.05) is 0 Å². The van der Waals surface area contributed by atoms with E-state index in [-0.39, 0.29) is 16.8 Å². The average molecular weight is 254 g/mol. The Hall–Kier alpha value is -1.65. The smallest absolute Gasteiger partial charge is 0.257 e. The summed E-state index contributed by atoms with van der Waals surface area (Å²) in [6.07, 6.45) is 1.72. The summed E-state index contributed by atoms with van der Waals surface area (Å²) in [5.41, 5.74) is 4.38. The van der Waals surface area contributed by atoms with Crippen LogP contribution in [0.2, 0.25) is 0 Å². The normalized spacial score (nSPS) is 18.1. The molecule has 1 amide bonds. The molecule has 1 aliphatic rings. The van der Waals surface area contributed by atoms with Gasteiger partial charge in [-0.05, 0) is 38.8 Å². The Morgan fingerprint density at radius 2 is 2.06 bits per heavy atom. The molecule has 3 nitrogen and oxygen atoms in total. The monoisotopic (exact) mass is 254 g/mol. The summed E-state index contributed by atoms with van der Waals surface area (Å²) in [7, 11) is 0. The molecule has 1 aromatic carbocycles. The molecule has 0 aliphatic carbocycles. The van der Waals surface area contributed by atoms with E-state index < -0.39 is 17.5 Å². The van der Waals surface area contributed by atoms with Crippen LogP contribution in [0.4, 0.5) is 14.5 Å². The fourth-order valence-corrected chi connectivity index (χ4v) is 2.40. The second-order valence-corrected chi connectivity index (χ2v) is 5.23. The van der Waals surface area contributed by atoms with Gasteiger partial charge in [-0.2, -0.15) is 0 Å². The van der Waals surface area contributed by atoms with Crippen LogP contribution in [-0.4, -0.2) is 22.9 Å². The second-order valence-electron chi connectivity index (χ2n) is 5.23. The minimum Gasteiger partial charge on any atom is -0.396 e. The van der Waals surface area contributed by atoms with Gasteiger partial charge < -0.3 is 10.6 Å². The van der Waals surface area contributed by atoms with Gasteiger partial charge in [0.15, 0.2) is 5.82 Å². The molecule has 18 heavy (non-hydrogen) atoms. The molecule has 0 unspecified atom stereocenters. The van der Waals surface area contributed by atoms with Crippen molar-refractivity contribution >= 4 is 11.6 Å². The maximum Gasteiger partial charge on any atom is 0.257 e. The summed E-state index contributed by atoms with van der Waals surface area (Å²) in [4.78, 5) is 13.8. The van der Waals surface area contributed by atoms with Crippen LogP contribution in [0.5, 0.6) is 0 Å². The van der Waals surface area contributed by atoms with Gasteiger partial charge >= 0.3 is 0 Å². The van der Waals surface area contributed by atoms with E-state index in [2.05, 4.69) is 0 Å². The number of rotatable bonds is 1. The van der Waals surface area contributed by atoms with E-state index in [1.165, 1.54) is 0 Å². The quantitative estimate of drug-likeness (QED) is 0.783. The van der Waals surface area contributed by atoms with E-state index >= 15 is 0 Å². The van der Waals surface area contributed by atoms with Crippen LogP contribution in [0.1, 0.15) is 37.0 Å². The predicted molar refractivity (Wildman–Crippen MR) is 65.1 cm³/mol. The number of amides is 1. The number of likely N-dealkylation sites (tertiary alicyclic amines) is 1. The summed E-state index contributed by atoms with van der Waals surface area (Å²) in [6, 6.07) is 1.78. The van der Waals surface area contributed by atoms with Crippen molar-refractivity contribution in [2.24, 2.45) is 0 Å². The van der Waals surface area contributed by atoms with Gasteiger partial charge in [0.25, 0.3) is 5.91 Å². The fourth-order valence-electron chi connectivity index (χ4n) is 2.40. The van der Waals surface area contributed by atoms with Gasteiger partial charge in [0.2, 0.25) is 0 Å². The lowest BCUT2D eigenvalue weighted by Crippen LogP contribution is -2.43. The molecule has 2 N–H and O–H groups in total. The number of anilines is 1. The largest absolute Gasteiger partial charge is 0.396 e. The molecule has 1 aliphatic heterocycles. The number of hydrogen-bond donors (Lipinski definition) is 1. The Kier molecular flexibility index (Phi) is 3.00. The third-order valence-corrected chi connectivity index (χ3v) is 3.44. The van der Waals surface area contributed by atoms with Crippen molar-refractivity contribution in [3.63, 3.8) is 0 Å². The third-order valence-electron chi connectivity index (χ3n) is 3.44. The molecule has 0 bridgehead atoms. The molecular weight excluding hydrogens is 238 g/mol. The Labute approximate surface area is 105 Å². The molecule has 1 saturated heterocycles. The zero-order valence-electron chi connectivity index (χ0n) is 10.5. The van der Waals surface area contributed by atoms with Gasteiger partial charge in [-0.25, -0.2) is 8.78 Å². The number of nitrogens with two attached hydrogens (primary N) is 1. The Bertz CT molecular complexity index is 500. The lowest BCUT2D eigenvalue weighted by Gasteiger charge is -2.31. The Balaban J connectivity index is 2.41. The molecule has 1 aromatic rings. The number of benzene rings is 1. The SMILES string of the molecule is CC1(C)CCCN1C(=O)c1cc(F)cc(N)c1F. The molecule has 0 saturated carbocycles. The first-order chi connectivity index (χ1) is 8.33. The van der Waals surface area contributed by atoms with Crippen molar-refractivity contribution < 1.29 is 13.6 Å². The average Bonchev–Trinajstić information content (AvgIpc) is 2.62. The number of halogens is 2. The van der Waals surface area contributed by atoms with Crippen molar-refractivity contribution in [3.05, 3.63) is 29.3 Å². The van der Waals surface area contributed by atoms with Crippen molar-refractivity contribution in [1.82, 2.24) is 4.90 Å². The Morgan fingerprint density at radius 1 is 1.39 bits per heavy atom. The van der Waals surface area contributed by atoms with Crippen molar-refractivity contribution in [2.45, 2.75) is 32.2 Å². The summed E-state index contributed by atoms with van der Waals surface area (Å²) >= 11 is 0. The lowest BCUT2D eigenvalue weighted by atomic mass is 10.0. The van der Waals surface area contributed by atoms with Crippen LogP contribution in [-0.2, 0) is 0 Å². The molecule has 1 fully saturated rings. The highest BCUT2D eigenvalue weighted by atomic mass is 19.1. The molecule has 98 valence electrons. The highest BCUT2D eigenvalue weighted by Gasteiger charge is 2.37. The summed E-state index contributed by atoms with van der Waals surface area (Å²) in [6.45, 7) is 4.39. The van der Waals surface area contributed by atoms with Crippen LogP contribution in [0, 0.1) is 11.6 Å². The zero-order chi connectivity index (χ0) is 13.5. The molecular formula is C13H16F2N2O. The van der Waals surface area contributed by atoms with Crippen LogP contribution < -0.4 is 5.73 Å². The number of carbonyl (C=O) groups is 1. The molecule has 2 rings (SSSR count). The number of nitrogen functional groups attached to an aromatic ring is 1. The first-order valence-corrected chi connectivity index (χ1v) is 5.89. The van der Waals surface area contributed by atoms with Gasteiger partial charge in [-0.15, -0.1) is 0 Å². The van der Waals surface area contributed by atoms with Crippen molar-refractivity contribution in [3.8, 4) is 0 Å². The van der Waals surface area contributed by atoms with Crippen LogP contribution in [0.15, 0.2) is 12.1 Å². The van der Waals surface area contributed by atoms with E-state index in [0.717, 1.165) is 25.0 Å². The van der Waals surface area contributed by atoms with E-state index in [1.54, 1.807) is 4.90 Å². The first-order valence-electron chi connectivity index (χ1n) is 5.89. The molecule has 0 atom stereocenters. The number of hydrogen-bond acceptors (Lipinski definition) is 2. The molecule has 0 spiro atoms. The van der Waals surface area contributed by atoms with Crippen molar-refractivity contribution in [1.29, 1.82) is 0 Å². The van der Waals surface area contributed by atoms with Gasteiger partial charge in [0, 0.05) is 12.1 Å². The zero-order valence-corrected chi connectivity index (χ0v) is 10.5.